The number of piperazine rings is 1. The first-order valence-corrected chi connectivity index (χ1v) is 20.2. The van der Waals surface area contributed by atoms with Gasteiger partial charge in [-0.3, -0.25) is 33.6 Å². The summed E-state index contributed by atoms with van der Waals surface area (Å²) in [6.45, 7) is 8.88. The molecule has 2 aromatic carbocycles. The van der Waals surface area contributed by atoms with Crippen molar-refractivity contribution in [2.24, 2.45) is 5.92 Å². The lowest BCUT2D eigenvalue weighted by Gasteiger charge is -2.30. The van der Waals surface area contributed by atoms with Crippen LogP contribution in [0.4, 0.5) is 10.1 Å². The van der Waals surface area contributed by atoms with Gasteiger partial charge in [0.1, 0.15) is 35.3 Å². The number of pyridine rings is 1. The number of nitrogens with zero attached hydrogens (tertiary/aromatic N) is 2. The first-order chi connectivity index (χ1) is 28.8. The molecule has 4 amide bonds. The van der Waals surface area contributed by atoms with Gasteiger partial charge in [0.25, 0.3) is 0 Å². The molecule has 1 saturated carbocycles. The number of carbonyl (C=O) groups excluding carboxylic acids is 5. The number of aliphatic carboxylic acids is 1. The van der Waals surface area contributed by atoms with Crippen molar-refractivity contribution in [1.82, 2.24) is 31.2 Å². The quantitative estimate of drug-likeness (QED) is 0.0895. The second kappa shape index (κ2) is 21.4. The highest BCUT2D eigenvalue weighted by atomic mass is 35.5. The van der Waals surface area contributed by atoms with Crippen molar-refractivity contribution in [2.45, 2.75) is 83.6 Å². The molecule has 1 aliphatic carbocycles. The fourth-order valence-electron chi connectivity index (χ4n) is 6.60. The number of benzene rings is 2. The molecule has 20 heteroatoms. The highest BCUT2D eigenvalue weighted by molar-refractivity contribution is 6.28. The number of alkyl halides is 1. The number of halogens is 2. The summed E-state index contributed by atoms with van der Waals surface area (Å²) in [7, 11) is 0. The predicted molar refractivity (Wildman–Crippen MR) is 222 cm³/mol. The van der Waals surface area contributed by atoms with Gasteiger partial charge in [0.15, 0.2) is 5.78 Å². The molecule has 2 aliphatic rings. The Morgan fingerprint density at radius 1 is 0.885 bits per heavy atom. The molecule has 330 valence electrons. The van der Waals surface area contributed by atoms with Crippen LogP contribution in [0.25, 0.3) is 10.9 Å². The van der Waals surface area contributed by atoms with Gasteiger partial charge in [-0.25, -0.2) is 9.18 Å². The van der Waals surface area contributed by atoms with E-state index in [1.165, 1.54) is 38.2 Å². The van der Waals surface area contributed by atoms with Gasteiger partial charge < -0.3 is 51.4 Å². The van der Waals surface area contributed by atoms with Crippen LogP contribution < -0.4 is 36.9 Å². The van der Waals surface area contributed by atoms with Gasteiger partial charge in [0.2, 0.25) is 29.1 Å². The van der Waals surface area contributed by atoms with E-state index in [0.29, 0.717) is 29.9 Å². The minimum atomic E-state index is -1.36. The molecule has 2 heterocycles. The number of aromatic hydroxyl groups is 1. The Labute approximate surface area is 355 Å². The van der Waals surface area contributed by atoms with E-state index < -0.39 is 95.0 Å². The number of carboxylic acids is 2. The van der Waals surface area contributed by atoms with Crippen molar-refractivity contribution in [1.29, 1.82) is 0 Å². The smallest absolute Gasteiger partial charge is 0.341 e. The van der Waals surface area contributed by atoms with Gasteiger partial charge in [0, 0.05) is 57.1 Å². The number of phenols is 1. The van der Waals surface area contributed by atoms with Gasteiger partial charge in [0.05, 0.1) is 29.5 Å². The number of fused-ring (bicyclic) bond motifs is 1. The van der Waals surface area contributed by atoms with E-state index in [4.69, 9.17) is 16.7 Å². The molecule has 3 aromatic rings. The average molecular weight is 872 g/mol. The molecule has 1 saturated heterocycles. The van der Waals surface area contributed by atoms with Gasteiger partial charge in [-0.15, -0.1) is 11.6 Å². The summed E-state index contributed by atoms with van der Waals surface area (Å²) in [5, 5.41) is 40.9. The first kappa shape index (κ1) is 47.6. The van der Waals surface area contributed by atoms with Crippen LogP contribution in [0.3, 0.4) is 0 Å². The largest absolute Gasteiger partial charge is 0.508 e. The van der Waals surface area contributed by atoms with E-state index in [9.17, 15) is 53.0 Å². The number of carbonyl (C=O) groups is 7. The monoisotopic (exact) mass is 871 g/mol. The summed E-state index contributed by atoms with van der Waals surface area (Å²) in [6, 6.07) is 4.51. The highest BCUT2D eigenvalue weighted by Crippen LogP contribution is 2.38. The third-order valence-corrected chi connectivity index (χ3v) is 10.3. The zero-order valence-electron chi connectivity index (χ0n) is 34.1. The lowest BCUT2D eigenvalue weighted by Crippen LogP contribution is -2.58. The number of nitrogens with one attached hydrogen (secondary N) is 5. The van der Waals surface area contributed by atoms with Crippen molar-refractivity contribution >= 4 is 69.5 Å². The second-order valence-electron chi connectivity index (χ2n) is 15.2. The highest BCUT2D eigenvalue weighted by Gasteiger charge is 2.32. The molecule has 4 atom stereocenters. The normalized spacial score (nSPS) is 15.6. The summed E-state index contributed by atoms with van der Waals surface area (Å²) in [5.74, 6) is -7.24. The number of hydrogen-bond donors (Lipinski definition) is 8. The van der Waals surface area contributed by atoms with Crippen molar-refractivity contribution in [2.75, 3.05) is 37.0 Å². The average Bonchev–Trinajstić information content (AvgIpc) is 4.05. The van der Waals surface area contributed by atoms with E-state index in [2.05, 4.69) is 26.6 Å². The number of aromatic carboxylic acids is 1. The molecule has 2 fully saturated rings. The lowest BCUT2D eigenvalue weighted by molar-refractivity contribution is -0.140. The number of phenolic OH excluding ortho intramolecular Hbond substituents is 1. The summed E-state index contributed by atoms with van der Waals surface area (Å²) < 4.78 is 16.4. The zero-order valence-corrected chi connectivity index (χ0v) is 34.9. The summed E-state index contributed by atoms with van der Waals surface area (Å²) in [6.07, 6.45) is 2.71. The van der Waals surface area contributed by atoms with Gasteiger partial charge >= 0.3 is 11.9 Å². The number of amides is 4. The van der Waals surface area contributed by atoms with E-state index >= 15 is 0 Å². The molecule has 0 unspecified atom stereocenters. The molecule has 18 nitrogen and oxygen atoms in total. The van der Waals surface area contributed by atoms with E-state index in [-0.39, 0.29) is 29.2 Å². The number of carboxylic acid groups (broad SMARTS) is 2. The third-order valence-electron chi connectivity index (χ3n) is 10.0. The molecule has 1 aliphatic heterocycles. The van der Waals surface area contributed by atoms with Crippen LogP contribution >= 0.6 is 11.6 Å². The van der Waals surface area contributed by atoms with Crippen LogP contribution in [0.2, 0.25) is 0 Å². The third kappa shape index (κ3) is 13.2. The molecule has 0 bridgehead atoms. The Morgan fingerprint density at radius 3 is 2.07 bits per heavy atom. The van der Waals surface area contributed by atoms with Crippen molar-refractivity contribution in [3.05, 3.63) is 69.8 Å². The fraction of sp³-hybridized carbons (Fsp3) is 0.463. The lowest BCUT2D eigenvalue weighted by atomic mass is 10.0. The Hall–Kier alpha value is -6.08. The second-order valence-corrected chi connectivity index (χ2v) is 15.5. The van der Waals surface area contributed by atoms with Crippen LogP contribution in [-0.2, 0) is 35.2 Å². The molecular weight excluding hydrogens is 821 g/mol. The molecule has 0 spiro atoms. The van der Waals surface area contributed by atoms with E-state index in [1.54, 1.807) is 32.0 Å². The molecule has 0 radical (unpaired) electrons. The summed E-state index contributed by atoms with van der Waals surface area (Å²) in [5.41, 5.74) is 0.817. The number of ketones is 1. The summed E-state index contributed by atoms with van der Waals surface area (Å²) in [4.78, 5) is 98.7. The van der Waals surface area contributed by atoms with Crippen LogP contribution in [0.15, 0.2) is 47.4 Å². The number of hydrogen-bond acceptors (Lipinski definition) is 11. The number of anilines is 1. The standard InChI is InChI=1S/C24H33ClN4O8.C17H18FN3O3/c1-12(2)21(24(37)26-13(3)22(35)28-17(10-20(33)34)19(32)11-25)29-23(36)18(27-14(4)30)9-15-5-7-16(31)8-6-15;18-13-7-11-14(8-15(13)20-5-3-19-4-6-20)21(10-1-2-10)9-12(16(11)22)17(23)24/h5-8,12-13,17-18,21,31H,9-11H2,1-4H3,(H,26,37)(H,27,30)(H,28,35)(H,29,36)(H,33,34);7-10,19H,1-6H2,(H,23,24)/t13-,17-,18-,21-;/m0./s1. The Balaban J connectivity index is 0.000000291. The van der Waals surface area contributed by atoms with Crippen LogP contribution in [0.1, 0.15) is 68.9 Å². The molecule has 61 heavy (non-hydrogen) atoms. The maximum absolute atomic E-state index is 14.6. The maximum Gasteiger partial charge on any atom is 0.341 e. The Bertz CT molecular complexity index is 2190. The SMILES string of the molecule is CC(=O)N[C@@H](Cc1ccc(O)cc1)C(=O)N[C@H](C(=O)N[C@@H](C)C(=O)N[C@@H](CC(=O)O)C(=O)CCl)C(C)C.O=C(O)c1cn(C2CC2)c2cc(N3CCNCC3)c(F)cc2c1=O. The molecular formula is C41H51ClFN7O11. The zero-order chi connectivity index (χ0) is 45.1. The first-order valence-electron chi connectivity index (χ1n) is 19.6. The molecule has 5 rings (SSSR count). The molecule has 8 N–H and O–H groups in total. The number of aromatic nitrogens is 1. The van der Waals surface area contributed by atoms with Gasteiger partial charge in [-0.1, -0.05) is 26.0 Å². The minimum Gasteiger partial charge on any atom is -0.508 e. The van der Waals surface area contributed by atoms with Gasteiger partial charge in [-0.05, 0) is 55.5 Å². The van der Waals surface area contributed by atoms with Crippen molar-refractivity contribution in [3.63, 3.8) is 0 Å². The number of Topliss-reactive ketones (excluding diaryl/α,β-unsaturated/α-hetero) is 1. The minimum absolute atomic E-state index is 0.0419. The van der Waals surface area contributed by atoms with E-state index in [0.717, 1.165) is 25.9 Å². The number of rotatable bonds is 17. The van der Waals surface area contributed by atoms with Crippen LogP contribution in [0, 0.1) is 11.7 Å². The van der Waals surface area contributed by atoms with Crippen LogP contribution in [-0.4, -0.2) is 117 Å². The van der Waals surface area contributed by atoms with Gasteiger partial charge in [-0.2, -0.15) is 0 Å². The summed E-state index contributed by atoms with van der Waals surface area (Å²) >= 11 is 5.48. The Morgan fingerprint density at radius 2 is 1.52 bits per heavy atom. The fourth-order valence-corrected chi connectivity index (χ4v) is 6.79. The van der Waals surface area contributed by atoms with Crippen molar-refractivity contribution < 1.29 is 53.3 Å². The van der Waals surface area contributed by atoms with E-state index in [1.807, 2.05) is 9.47 Å². The topological polar surface area (TPSA) is 266 Å². The maximum atomic E-state index is 14.6. The van der Waals surface area contributed by atoms with Crippen molar-refractivity contribution in [3.8, 4) is 5.75 Å². The molecule has 1 aromatic heterocycles. The Kier molecular flexibility index (Phi) is 16.7. The van der Waals surface area contributed by atoms with Crippen LogP contribution in [0.5, 0.6) is 5.75 Å². The predicted octanol–water partition coefficient (Wildman–Crippen LogP) is 1.44.